The first-order valence-electron chi connectivity index (χ1n) is 11.9. The van der Waals surface area contributed by atoms with E-state index in [0.717, 1.165) is 15.6 Å². The van der Waals surface area contributed by atoms with Crippen LogP contribution in [0.4, 0.5) is 23.5 Å². The average Bonchev–Trinajstić information content (AvgIpc) is 3.45. The SMILES string of the molecule is Cn1cnc(S(=O)(=O)N2CC[C@@H](Nc3ncc(C(F)(F)F)c(-c4cc(C(N)=O)c(CC(C)(C)O)s4)n3)[C@H](F)C2)c1. The number of aliphatic hydroxyl groups is 1. The number of aromatic nitrogens is 4. The normalized spacial score (nSPS) is 19.1. The number of carbonyl (C=O) groups excluding carboxylic acids is 1. The topological polar surface area (TPSA) is 156 Å². The zero-order valence-corrected chi connectivity index (χ0v) is 23.2. The summed E-state index contributed by atoms with van der Waals surface area (Å²) in [7, 11) is -2.44. The predicted molar refractivity (Wildman–Crippen MR) is 138 cm³/mol. The van der Waals surface area contributed by atoms with E-state index in [1.807, 2.05) is 0 Å². The van der Waals surface area contributed by atoms with Crippen molar-refractivity contribution in [3.63, 3.8) is 0 Å². The number of halogens is 4. The van der Waals surface area contributed by atoms with Gasteiger partial charge in [0.2, 0.25) is 11.9 Å². The van der Waals surface area contributed by atoms with E-state index in [4.69, 9.17) is 5.73 Å². The quantitative estimate of drug-likeness (QED) is 0.331. The highest BCUT2D eigenvalue weighted by molar-refractivity contribution is 7.89. The van der Waals surface area contributed by atoms with Crippen LogP contribution in [-0.2, 0) is 29.7 Å². The first kappa shape index (κ1) is 29.8. The van der Waals surface area contributed by atoms with Crippen LogP contribution in [-0.4, -0.2) is 74.2 Å². The molecule has 0 unspecified atom stereocenters. The fourth-order valence-electron chi connectivity index (χ4n) is 4.20. The molecule has 3 aromatic rings. The van der Waals surface area contributed by atoms with Crippen LogP contribution in [0.5, 0.6) is 0 Å². The van der Waals surface area contributed by atoms with E-state index in [1.165, 1.54) is 37.0 Å². The van der Waals surface area contributed by atoms with E-state index in [1.54, 1.807) is 7.05 Å². The van der Waals surface area contributed by atoms with Crippen molar-refractivity contribution < 1.29 is 35.9 Å². The lowest BCUT2D eigenvalue weighted by atomic mass is 10.0. The number of primary amides is 1. The number of carbonyl (C=O) groups is 1. The number of piperidine rings is 1. The number of hydrogen-bond donors (Lipinski definition) is 3. The molecule has 0 spiro atoms. The molecule has 1 saturated heterocycles. The molecular weight excluding hydrogens is 578 g/mol. The van der Waals surface area contributed by atoms with Crippen LogP contribution in [0.2, 0.25) is 0 Å². The van der Waals surface area contributed by atoms with Crippen LogP contribution >= 0.6 is 11.3 Å². The molecule has 3 aromatic heterocycles. The monoisotopic (exact) mass is 605 g/mol. The molecule has 2 atom stereocenters. The number of nitrogens with zero attached hydrogens (tertiary/aromatic N) is 5. The van der Waals surface area contributed by atoms with Crippen molar-refractivity contribution in [1.29, 1.82) is 0 Å². The van der Waals surface area contributed by atoms with Crippen molar-refractivity contribution in [3.8, 4) is 10.6 Å². The number of nitrogens with two attached hydrogens (primary N) is 1. The number of aryl methyl sites for hydroxylation is 1. The van der Waals surface area contributed by atoms with Crippen molar-refractivity contribution in [3.05, 3.63) is 40.8 Å². The summed E-state index contributed by atoms with van der Waals surface area (Å²) in [5.41, 5.74) is 2.37. The van der Waals surface area contributed by atoms with E-state index in [0.29, 0.717) is 6.20 Å². The first-order chi connectivity index (χ1) is 18.5. The minimum atomic E-state index is -4.85. The molecule has 218 valence electrons. The van der Waals surface area contributed by atoms with E-state index < -0.39 is 57.7 Å². The highest BCUT2D eigenvalue weighted by atomic mass is 32.2. The van der Waals surface area contributed by atoms with Crippen molar-refractivity contribution in [2.45, 2.75) is 55.7 Å². The van der Waals surface area contributed by atoms with Gasteiger partial charge in [-0.3, -0.25) is 4.79 Å². The maximum atomic E-state index is 15.1. The zero-order chi connectivity index (χ0) is 29.6. The molecule has 4 heterocycles. The molecule has 0 saturated carbocycles. The zero-order valence-electron chi connectivity index (χ0n) is 21.6. The summed E-state index contributed by atoms with van der Waals surface area (Å²) in [6.07, 6.45) is -3.49. The van der Waals surface area contributed by atoms with Gasteiger partial charge in [-0.2, -0.15) is 17.5 Å². The third kappa shape index (κ3) is 6.42. The van der Waals surface area contributed by atoms with Gasteiger partial charge >= 0.3 is 6.18 Å². The van der Waals surface area contributed by atoms with Gasteiger partial charge in [0.1, 0.15) is 11.7 Å². The fourth-order valence-corrected chi connectivity index (χ4v) is 7.02. The Morgan fingerprint density at radius 2 is 2.00 bits per heavy atom. The molecule has 0 radical (unpaired) electrons. The van der Waals surface area contributed by atoms with E-state index in [-0.39, 0.29) is 45.7 Å². The highest BCUT2D eigenvalue weighted by Crippen LogP contribution is 2.40. The summed E-state index contributed by atoms with van der Waals surface area (Å²) < 4.78 is 84.7. The minimum Gasteiger partial charge on any atom is -0.390 e. The maximum Gasteiger partial charge on any atom is 0.420 e. The lowest BCUT2D eigenvalue weighted by molar-refractivity contribution is -0.137. The molecule has 17 heteroatoms. The summed E-state index contributed by atoms with van der Waals surface area (Å²) in [4.78, 5) is 23.8. The van der Waals surface area contributed by atoms with Gasteiger partial charge in [-0.1, -0.05) is 0 Å². The molecular formula is C23H27F4N7O4S2. The Balaban J connectivity index is 1.61. The Morgan fingerprint density at radius 1 is 1.30 bits per heavy atom. The number of thiophene rings is 1. The van der Waals surface area contributed by atoms with Gasteiger partial charge in [-0.25, -0.2) is 27.8 Å². The number of nitrogens with one attached hydrogen (secondary N) is 1. The highest BCUT2D eigenvalue weighted by Gasteiger charge is 2.39. The molecule has 0 aromatic carbocycles. The number of anilines is 1. The smallest absolute Gasteiger partial charge is 0.390 e. The second-order valence-corrected chi connectivity index (χ2v) is 13.1. The van der Waals surface area contributed by atoms with Crippen molar-refractivity contribution in [2.24, 2.45) is 12.8 Å². The Hall–Kier alpha value is -3.15. The summed E-state index contributed by atoms with van der Waals surface area (Å²) in [5, 5.41) is 12.6. The fraction of sp³-hybridized carbons (Fsp3) is 0.478. The third-order valence-corrected chi connectivity index (χ3v) is 8.99. The Kier molecular flexibility index (Phi) is 7.96. The molecule has 4 rings (SSSR count). The van der Waals surface area contributed by atoms with Gasteiger partial charge in [0.25, 0.3) is 10.0 Å². The summed E-state index contributed by atoms with van der Waals surface area (Å²) in [5.74, 6) is -1.19. The van der Waals surface area contributed by atoms with Crippen molar-refractivity contribution >= 4 is 33.2 Å². The summed E-state index contributed by atoms with van der Waals surface area (Å²) in [6, 6.07) is 0.184. The van der Waals surface area contributed by atoms with Gasteiger partial charge in [0.05, 0.1) is 34.1 Å². The number of amides is 1. The molecule has 1 fully saturated rings. The van der Waals surface area contributed by atoms with Crippen LogP contribution in [0.15, 0.2) is 29.8 Å². The van der Waals surface area contributed by atoms with Crippen LogP contribution in [0.3, 0.4) is 0 Å². The molecule has 0 aliphatic carbocycles. The molecule has 1 amide bonds. The number of imidazole rings is 1. The van der Waals surface area contributed by atoms with Crippen molar-refractivity contribution in [2.75, 3.05) is 18.4 Å². The lowest BCUT2D eigenvalue weighted by Gasteiger charge is -2.33. The Morgan fingerprint density at radius 3 is 2.55 bits per heavy atom. The van der Waals surface area contributed by atoms with Gasteiger partial charge in [0, 0.05) is 43.8 Å². The van der Waals surface area contributed by atoms with Crippen LogP contribution in [0.1, 0.15) is 41.1 Å². The standard InChI is InChI=1S/C23H27F4N7O4S2/c1-22(2,36)7-17-12(20(28)35)6-16(39-17)19-13(23(25,26)27)8-29-21(32-19)31-15-4-5-34(9-14(15)24)40(37,38)18-10-33(3)11-30-18/h6,8,10-11,14-15,36H,4-5,7,9H2,1-3H3,(H2,28,35)(H,29,31,32)/t14-,15-/m1/s1. The van der Waals surface area contributed by atoms with E-state index >= 15 is 4.39 Å². The van der Waals surface area contributed by atoms with Crippen LogP contribution in [0, 0.1) is 0 Å². The van der Waals surface area contributed by atoms with E-state index in [9.17, 15) is 31.5 Å². The maximum absolute atomic E-state index is 15.1. The van der Waals surface area contributed by atoms with Crippen molar-refractivity contribution in [1.82, 2.24) is 23.8 Å². The van der Waals surface area contributed by atoms with Gasteiger partial charge in [-0.05, 0) is 26.3 Å². The summed E-state index contributed by atoms with van der Waals surface area (Å²) >= 11 is 0.822. The van der Waals surface area contributed by atoms with Crippen LogP contribution < -0.4 is 11.1 Å². The number of alkyl halides is 4. The second-order valence-electron chi connectivity index (χ2n) is 10.1. The lowest BCUT2D eigenvalue weighted by Crippen LogP contribution is -2.50. The molecule has 40 heavy (non-hydrogen) atoms. The second kappa shape index (κ2) is 10.7. The molecule has 1 aliphatic heterocycles. The summed E-state index contributed by atoms with van der Waals surface area (Å²) in [6.45, 7) is 2.38. The first-order valence-corrected chi connectivity index (χ1v) is 14.2. The molecule has 0 bridgehead atoms. The van der Waals surface area contributed by atoms with Crippen LogP contribution in [0.25, 0.3) is 10.6 Å². The Bertz CT molecular complexity index is 1520. The average molecular weight is 606 g/mol. The number of rotatable bonds is 8. The van der Waals surface area contributed by atoms with Gasteiger partial charge in [-0.15, -0.1) is 11.3 Å². The largest absolute Gasteiger partial charge is 0.420 e. The predicted octanol–water partition coefficient (Wildman–Crippen LogP) is 2.58. The third-order valence-electron chi connectivity index (χ3n) is 6.10. The minimum absolute atomic E-state index is 0.0203. The molecule has 4 N–H and O–H groups in total. The van der Waals surface area contributed by atoms with E-state index in [2.05, 4.69) is 20.3 Å². The Labute approximate surface area is 231 Å². The van der Waals surface area contributed by atoms with Gasteiger partial charge < -0.3 is 20.7 Å². The number of sulfonamides is 1. The molecule has 11 nitrogen and oxygen atoms in total. The molecule has 1 aliphatic rings. The number of hydrogen-bond acceptors (Lipinski definition) is 9. The van der Waals surface area contributed by atoms with Gasteiger partial charge in [0.15, 0.2) is 5.03 Å².